The highest BCUT2D eigenvalue weighted by atomic mass is 79.9. The molecule has 0 aliphatic carbocycles. The van der Waals surface area contributed by atoms with Crippen molar-refractivity contribution >= 4 is 44.9 Å². The number of aromatic nitrogens is 1. The van der Waals surface area contributed by atoms with Crippen LogP contribution in [0.4, 0.5) is 0 Å². The highest BCUT2D eigenvalue weighted by Crippen LogP contribution is 2.33. The fourth-order valence-corrected chi connectivity index (χ4v) is 2.49. The van der Waals surface area contributed by atoms with Gasteiger partial charge < -0.3 is 9.21 Å². The van der Waals surface area contributed by atoms with Gasteiger partial charge in [-0.1, -0.05) is 18.5 Å². The molecule has 0 N–H and O–H groups in total. The van der Waals surface area contributed by atoms with Gasteiger partial charge in [-0.3, -0.25) is 0 Å². The molecule has 2 heterocycles. The molecule has 90 valence electrons. The van der Waals surface area contributed by atoms with Crippen LogP contribution in [0, 0.1) is 0 Å². The summed E-state index contributed by atoms with van der Waals surface area (Å²) in [5, 5.41) is 0.456. The first-order valence-corrected chi connectivity index (χ1v) is 6.54. The standard InChI is InChI=1S/C12H11BrClNO2/c1-2-7-6-9(14)15-11-10(13)8(4-3-5-16)17-12(7)11/h5-6H,2-4H2,1H3. The number of rotatable bonds is 4. The van der Waals surface area contributed by atoms with Crippen LogP contribution in [-0.4, -0.2) is 11.3 Å². The molecular weight excluding hydrogens is 305 g/mol. The number of aryl methyl sites for hydroxylation is 2. The minimum atomic E-state index is 0.438. The number of hydrogen-bond donors (Lipinski definition) is 0. The number of carbonyl (C=O) groups is 1. The molecule has 0 amide bonds. The summed E-state index contributed by atoms with van der Waals surface area (Å²) in [5.41, 5.74) is 2.51. The molecule has 0 aliphatic heterocycles. The lowest BCUT2D eigenvalue weighted by Gasteiger charge is -1.98. The smallest absolute Gasteiger partial charge is 0.157 e. The van der Waals surface area contributed by atoms with Crippen molar-refractivity contribution in [2.24, 2.45) is 0 Å². The van der Waals surface area contributed by atoms with Gasteiger partial charge in [-0.15, -0.1) is 0 Å². The molecule has 0 aromatic carbocycles. The second-order valence-electron chi connectivity index (χ2n) is 3.68. The van der Waals surface area contributed by atoms with Crippen LogP contribution in [0.25, 0.3) is 11.1 Å². The maximum atomic E-state index is 10.4. The Morgan fingerprint density at radius 1 is 1.59 bits per heavy atom. The highest BCUT2D eigenvalue weighted by molar-refractivity contribution is 9.10. The predicted molar refractivity (Wildman–Crippen MR) is 70.5 cm³/mol. The number of aldehydes is 1. The molecule has 2 aromatic heterocycles. The van der Waals surface area contributed by atoms with Gasteiger partial charge in [-0.05, 0) is 34.0 Å². The van der Waals surface area contributed by atoms with Gasteiger partial charge in [-0.25, -0.2) is 4.98 Å². The molecule has 0 aliphatic rings. The Morgan fingerprint density at radius 3 is 3.00 bits per heavy atom. The van der Waals surface area contributed by atoms with E-state index in [1.54, 1.807) is 0 Å². The van der Waals surface area contributed by atoms with E-state index in [2.05, 4.69) is 20.9 Å². The largest absolute Gasteiger partial charge is 0.458 e. The Morgan fingerprint density at radius 2 is 2.35 bits per heavy atom. The van der Waals surface area contributed by atoms with E-state index in [4.69, 9.17) is 16.0 Å². The normalized spacial score (nSPS) is 11.0. The topological polar surface area (TPSA) is 43.1 Å². The van der Waals surface area contributed by atoms with E-state index in [9.17, 15) is 4.79 Å². The van der Waals surface area contributed by atoms with Crippen molar-refractivity contribution in [1.29, 1.82) is 0 Å². The molecule has 0 radical (unpaired) electrons. The summed E-state index contributed by atoms with van der Waals surface area (Å²) < 4.78 is 6.55. The Bertz CT molecular complexity index is 565. The first kappa shape index (κ1) is 12.6. The third-order valence-electron chi connectivity index (χ3n) is 2.57. The SMILES string of the molecule is CCc1cc(Cl)nc2c(Br)c(CCC=O)oc12. The summed E-state index contributed by atoms with van der Waals surface area (Å²) >= 11 is 9.41. The summed E-state index contributed by atoms with van der Waals surface area (Å²) in [6.07, 6.45) is 2.71. The van der Waals surface area contributed by atoms with E-state index in [0.29, 0.717) is 18.0 Å². The zero-order chi connectivity index (χ0) is 12.4. The summed E-state index contributed by atoms with van der Waals surface area (Å²) in [7, 11) is 0. The van der Waals surface area contributed by atoms with Gasteiger partial charge in [-0.2, -0.15) is 0 Å². The molecule has 0 saturated carbocycles. The molecule has 2 aromatic rings. The summed E-state index contributed by atoms with van der Waals surface area (Å²) in [4.78, 5) is 14.6. The van der Waals surface area contributed by atoms with Gasteiger partial charge in [0.25, 0.3) is 0 Å². The Kier molecular flexibility index (Phi) is 3.84. The summed E-state index contributed by atoms with van der Waals surface area (Å²) in [6.45, 7) is 2.03. The van der Waals surface area contributed by atoms with Crippen LogP contribution in [-0.2, 0) is 17.6 Å². The molecule has 3 nitrogen and oxygen atoms in total. The number of hydrogen-bond acceptors (Lipinski definition) is 3. The van der Waals surface area contributed by atoms with Gasteiger partial charge >= 0.3 is 0 Å². The number of pyridine rings is 1. The van der Waals surface area contributed by atoms with Crippen LogP contribution in [0.2, 0.25) is 5.15 Å². The zero-order valence-corrected chi connectivity index (χ0v) is 11.6. The third kappa shape index (κ3) is 2.38. The second kappa shape index (κ2) is 5.19. The molecule has 0 atom stereocenters. The summed E-state index contributed by atoms with van der Waals surface area (Å²) in [5.74, 6) is 0.747. The van der Waals surface area contributed by atoms with Gasteiger partial charge in [0.1, 0.15) is 22.7 Å². The highest BCUT2D eigenvalue weighted by Gasteiger charge is 2.16. The lowest BCUT2D eigenvalue weighted by atomic mass is 10.2. The first-order valence-electron chi connectivity index (χ1n) is 5.37. The van der Waals surface area contributed by atoms with Crippen molar-refractivity contribution in [3.8, 4) is 0 Å². The van der Waals surface area contributed by atoms with Crippen LogP contribution in [0.15, 0.2) is 15.0 Å². The quantitative estimate of drug-likeness (QED) is 0.634. The van der Waals surface area contributed by atoms with E-state index in [1.807, 2.05) is 13.0 Å². The molecule has 5 heteroatoms. The van der Waals surface area contributed by atoms with Crippen LogP contribution in [0.3, 0.4) is 0 Å². The van der Waals surface area contributed by atoms with E-state index < -0.39 is 0 Å². The van der Waals surface area contributed by atoms with Gasteiger partial charge in [0.05, 0.1) is 4.47 Å². The number of fused-ring (bicyclic) bond motifs is 1. The lowest BCUT2D eigenvalue weighted by molar-refractivity contribution is -0.107. The van der Waals surface area contributed by atoms with E-state index >= 15 is 0 Å². The minimum Gasteiger partial charge on any atom is -0.458 e. The zero-order valence-electron chi connectivity index (χ0n) is 9.30. The summed E-state index contributed by atoms with van der Waals surface area (Å²) in [6, 6.07) is 1.81. The fourth-order valence-electron chi connectivity index (χ4n) is 1.73. The lowest BCUT2D eigenvalue weighted by Crippen LogP contribution is -1.85. The van der Waals surface area contributed by atoms with Crippen LogP contribution in [0.5, 0.6) is 0 Å². The molecule has 0 fully saturated rings. The van der Waals surface area contributed by atoms with Crippen molar-refractivity contribution in [2.75, 3.05) is 0 Å². The van der Waals surface area contributed by atoms with Crippen LogP contribution >= 0.6 is 27.5 Å². The van der Waals surface area contributed by atoms with Gasteiger partial charge in [0.2, 0.25) is 0 Å². The molecule has 17 heavy (non-hydrogen) atoms. The number of nitrogens with zero attached hydrogens (tertiary/aromatic N) is 1. The second-order valence-corrected chi connectivity index (χ2v) is 4.86. The van der Waals surface area contributed by atoms with Gasteiger partial charge in [0, 0.05) is 12.8 Å². The van der Waals surface area contributed by atoms with Crippen LogP contribution < -0.4 is 0 Å². The van der Waals surface area contributed by atoms with Crippen molar-refractivity contribution in [2.45, 2.75) is 26.2 Å². The monoisotopic (exact) mass is 315 g/mol. The molecule has 2 rings (SSSR count). The van der Waals surface area contributed by atoms with Crippen LogP contribution in [0.1, 0.15) is 24.7 Å². The average molecular weight is 317 g/mol. The van der Waals surface area contributed by atoms with Crippen molar-refractivity contribution in [1.82, 2.24) is 4.98 Å². The molecular formula is C12H11BrClNO2. The predicted octanol–water partition coefficient (Wildman–Crippen LogP) is 3.94. The van der Waals surface area contributed by atoms with Crippen molar-refractivity contribution in [3.63, 3.8) is 0 Å². The maximum absolute atomic E-state index is 10.4. The van der Waals surface area contributed by atoms with Crippen molar-refractivity contribution < 1.29 is 9.21 Å². The van der Waals surface area contributed by atoms with E-state index in [1.165, 1.54) is 0 Å². The number of halogens is 2. The van der Waals surface area contributed by atoms with Crippen molar-refractivity contribution in [3.05, 3.63) is 27.0 Å². The Labute approximate surface area is 112 Å². The number of furan rings is 1. The average Bonchev–Trinajstić information content (AvgIpc) is 2.63. The number of carbonyl (C=O) groups excluding carboxylic acids is 1. The van der Waals surface area contributed by atoms with E-state index in [-0.39, 0.29) is 0 Å². The first-order chi connectivity index (χ1) is 8.17. The molecule has 0 spiro atoms. The Balaban J connectivity index is 2.59. The minimum absolute atomic E-state index is 0.438. The maximum Gasteiger partial charge on any atom is 0.157 e. The Hall–Kier alpha value is -0.870. The fraction of sp³-hybridized carbons (Fsp3) is 0.333. The molecule has 0 bridgehead atoms. The third-order valence-corrected chi connectivity index (χ3v) is 3.58. The molecule has 0 saturated heterocycles. The molecule has 0 unspecified atom stereocenters. The van der Waals surface area contributed by atoms with Gasteiger partial charge in [0.15, 0.2) is 5.58 Å². The van der Waals surface area contributed by atoms with E-state index in [0.717, 1.165) is 39.6 Å².